The number of hydrogen-bond acceptors (Lipinski definition) is 6. The van der Waals surface area contributed by atoms with Crippen LogP contribution in [0.2, 0.25) is 0 Å². The van der Waals surface area contributed by atoms with E-state index in [1.165, 1.54) is 16.4 Å². The van der Waals surface area contributed by atoms with E-state index in [1.54, 1.807) is 43.3 Å². The van der Waals surface area contributed by atoms with Crippen LogP contribution in [0.25, 0.3) is 0 Å². The van der Waals surface area contributed by atoms with E-state index < -0.39 is 27.9 Å². The quantitative estimate of drug-likeness (QED) is 0.257. The molecule has 2 aromatic rings. The lowest BCUT2D eigenvalue weighted by Crippen LogP contribution is -2.40. The summed E-state index contributed by atoms with van der Waals surface area (Å²) in [4.78, 5) is 24.6. The zero-order valence-corrected chi connectivity index (χ0v) is 19.0. The molecule has 176 valence electrons. The van der Waals surface area contributed by atoms with Gasteiger partial charge in [-0.05, 0) is 48.9 Å². The number of anilines is 1. The van der Waals surface area contributed by atoms with Crippen molar-refractivity contribution in [2.45, 2.75) is 24.3 Å². The molecule has 0 saturated carbocycles. The zero-order chi connectivity index (χ0) is 24.0. The zero-order valence-electron chi connectivity index (χ0n) is 18.2. The van der Waals surface area contributed by atoms with Gasteiger partial charge in [0.15, 0.2) is 0 Å². The first-order valence-electron chi connectivity index (χ1n) is 10.4. The molecule has 1 saturated heterocycles. The van der Waals surface area contributed by atoms with Crippen LogP contribution in [-0.4, -0.2) is 56.7 Å². The van der Waals surface area contributed by atoms with Crippen molar-refractivity contribution in [3.8, 4) is 0 Å². The number of sulfonamides is 1. The molecular weight excluding hydrogens is 446 g/mol. The van der Waals surface area contributed by atoms with Gasteiger partial charge in [0.05, 0.1) is 24.2 Å². The summed E-state index contributed by atoms with van der Waals surface area (Å²) in [6.07, 6.45) is -0.373. The Morgan fingerprint density at radius 3 is 2.24 bits per heavy atom. The van der Waals surface area contributed by atoms with E-state index in [0.717, 1.165) is 0 Å². The van der Waals surface area contributed by atoms with Crippen molar-refractivity contribution in [3.05, 3.63) is 59.7 Å². The number of amides is 2. The summed E-state index contributed by atoms with van der Waals surface area (Å²) in [6.45, 7) is 3.14. The molecule has 5 N–H and O–H groups in total. The molecule has 0 aliphatic carbocycles. The van der Waals surface area contributed by atoms with E-state index in [-0.39, 0.29) is 17.2 Å². The fourth-order valence-electron chi connectivity index (χ4n) is 3.32. The van der Waals surface area contributed by atoms with Crippen LogP contribution in [0.15, 0.2) is 53.4 Å². The highest BCUT2D eigenvalue weighted by atomic mass is 32.2. The second-order valence-electron chi connectivity index (χ2n) is 7.59. The lowest BCUT2D eigenvalue weighted by molar-refractivity contribution is -0.127. The molecule has 0 bridgehead atoms. The molecule has 1 unspecified atom stereocenters. The van der Waals surface area contributed by atoms with Gasteiger partial charge < -0.3 is 21.1 Å². The first-order valence-corrected chi connectivity index (χ1v) is 11.8. The third-order valence-electron chi connectivity index (χ3n) is 5.17. The summed E-state index contributed by atoms with van der Waals surface area (Å²) < 4.78 is 32.0. The van der Waals surface area contributed by atoms with E-state index in [2.05, 4.69) is 10.6 Å². The molecule has 2 aromatic carbocycles. The lowest BCUT2D eigenvalue weighted by Gasteiger charge is -2.26. The van der Waals surface area contributed by atoms with Crippen molar-refractivity contribution >= 4 is 33.4 Å². The second-order valence-corrected chi connectivity index (χ2v) is 9.53. The SMILES string of the molecule is CC(NC(=O)CC(=O)Nc1ccc(C(=N)N)cc1)c1ccc(S(=O)(=O)N2CCOCC2)cc1. The minimum absolute atomic E-state index is 0.0760. The Morgan fingerprint density at radius 1 is 1.06 bits per heavy atom. The number of nitrogens with zero attached hydrogens (tertiary/aromatic N) is 1. The lowest BCUT2D eigenvalue weighted by atomic mass is 10.1. The third-order valence-corrected chi connectivity index (χ3v) is 7.08. The Bertz CT molecular complexity index is 1110. The topological polar surface area (TPSA) is 155 Å². The van der Waals surface area contributed by atoms with Gasteiger partial charge in [0, 0.05) is 24.3 Å². The summed E-state index contributed by atoms with van der Waals surface area (Å²) in [5.74, 6) is -1.03. The molecular formula is C22H27N5O5S. The number of ether oxygens (including phenoxy) is 1. The van der Waals surface area contributed by atoms with Crippen molar-refractivity contribution in [2.75, 3.05) is 31.6 Å². The monoisotopic (exact) mass is 473 g/mol. The smallest absolute Gasteiger partial charge is 0.243 e. The van der Waals surface area contributed by atoms with Crippen LogP contribution in [0, 0.1) is 5.41 Å². The number of benzene rings is 2. The highest BCUT2D eigenvalue weighted by molar-refractivity contribution is 7.89. The fourth-order valence-corrected chi connectivity index (χ4v) is 4.73. The van der Waals surface area contributed by atoms with E-state index >= 15 is 0 Å². The number of carbonyl (C=O) groups excluding carboxylic acids is 2. The van der Waals surface area contributed by atoms with Gasteiger partial charge in [-0.1, -0.05) is 12.1 Å². The van der Waals surface area contributed by atoms with E-state index in [9.17, 15) is 18.0 Å². The van der Waals surface area contributed by atoms with Crippen LogP contribution >= 0.6 is 0 Å². The van der Waals surface area contributed by atoms with Gasteiger partial charge in [0.2, 0.25) is 21.8 Å². The van der Waals surface area contributed by atoms with Crippen LogP contribution < -0.4 is 16.4 Å². The fraction of sp³-hybridized carbons (Fsp3) is 0.318. The predicted octanol–water partition coefficient (Wildman–Crippen LogP) is 1.20. The highest BCUT2D eigenvalue weighted by Crippen LogP contribution is 2.20. The minimum atomic E-state index is -3.59. The Kier molecular flexibility index (Phi) is 7.79. The number of morpholine rings is 1. The molecule has 11 heteroatoms. The summed E-state index contributed by atoms with van der Waals surface area (Å²) in [7, 11) is -3.59. The van der Waals surface area contributed by atoms with Crippen LogP contribution in [0.1, 0.15) is 30.5 Å². The van der Waals surface area contributed by atoms with E-state index in [0.29, 0.717) is 43.1 Å². The van der Waals surface area contributed by atoms with Gasteiger partial charge in [-0.15, -0.1) is 0 Å². The van der Waals surface area contributed by atoms with Gasteiger partial charge in [-0.3, -0.25) is 15.0 Å². The Labute approximate surface area is 192 Å². The number of nitrogen functional groups attached to an aromatic ring is 1. The maximum atomic E-state index is 12.7. The number of rotatable bonds is 8. The molecule has 10 nitrogen and oxygen atoms in total. The standard InChI is InChI=1S/C22H27N5O5S/c1-15(16-4-8-19(9-5-16)33(30,31)27-10-12-32-13-11-27)25-20(28)14-21(29)26-18-6-2-17(3-7-18)22(23)24/h2-9,15H,10-14H2,1H3,(H3,23,24)(H,25,28)(H,26,29). The maximum Gasteiger partial charge on any atom is 0.243 e. The minimum Gasteiger partial charge on any atom is -0.384 e. The molecule has 0 radical (unpaired) electrons. The average molecular weight is 474 g/mol. The Balaban J connectivity index is 1.53. The molecule has 33 heavy (non-hydrogen) atoms. The van der Waals surface area contributed by atoms with Crippen molar-refractivity contribution in [2.24, 2.45) is 5.73 Å². The van der Waals surface area contributed by atoms with Gasteiger partial charge in [-0.25, -0.2) is 8.42 Å². The molecule has 1 aliphatic heterocycles. The van der Waals surface area contributed by atoms with Crippen LogP contribution in [-0.2, 0) is 24.3 Å². The van der Waals surface area contributed by atoms with Crippen molar-refractivity contribution in [3.63, 3.8) is 0 Å². The largest absolute Gasteiger partial charge is 0.384 e. The third kappa shape index (κ3) is 6.37. The molecule has 1 fully saturated rings. The normalized spacial score (nSPS) is 15.4. The molecule has 1 atom stereocenters. The van der Waals surface area contributed by atoms with Crippen LogP contribution in [0.4, 0.5) is 5.69 Å². The molecule has 2 amide bonds. The number of nitrogens with two attached hydrogens (primary N) is 1. The summed E-state index contributed by atoms with van der Waals surface area (Å²) >= 11 is 0. The van der Waals surface area contributed by atoms with Crippen molar-refractivity contribution in [1.82, 2.24) is 9.62 Å². The van der Waals surface area contributed by atoms with Crippen LogP contribution in [0.3, 0.4) is 0 Å². The molecule has 0 aromatic heterocycles. The Hall–Kier alpha value is -3.28. The Morgan fingerprint density at radius 2 is 1.67 bits per heavy atom. The number of carbonyl (C=O) groups is 2. The van der Waals surface area contributed by atoms with Gasteiger partial charge >= 0.3 is 0 Å². The second kappa shape index (κ2) is 10.6. The van der Waals surface area contributed by atoms with Gasteiger partial charge in [-0.2, -0.15) is 4.31 Å². The highest BCUT2D eigenvalue weighted by Gasteiger charge is 2.26. The van der Waals surface area contributed by atoms with Gasteiger partial charge in [0.25, 0.3) is 0 Å². The van der Waals surface area contributed by atoms with E-state index in [4.69, 9.17) is 15.9 Å². The number of hydrogen-bond donors (Lipinski definition) is 4. The summed E-state index contributed by atoms with van der Waals surface area (Å²) in [6, 6.07) is 12.3. The molecule has 1 heterocycles. The van der Waals surface area contributed by atoms with Crippen LogP contribution in [0.5, 0.6) is 0 Å². The van der Waals surface area contributed by atoms with Crippen molar-refractivity contribution < 1.29 is 22.7 Å². The predicted molar refractivity (Wildman–Crippen MR) is 123 cm³/mol. The van der Waals surface area contributed by atoms with Crippen molar-refractivity contribution in [1.29, 1.82) is 5.41 Å². The summed E-state index contributed by atoms with van der Waals surface area (Å²) in [5.41, 5.74) is 7.13. The van der Waals surface area contributed by atoms with Gasteiger partial charge in [0.1, 0.15) is 12.3 Å². The number of amidine groups is 1. The molecule has 3 rings (SSSR count). The number of nitrogens with one attached hydrogen (secondary N) is 3. The first kappa shape index (κ1) is 24.4. The maximum absolute atomic E-state index is 12.7. The molecule has 1 aliphatic rings. The first-order chi connectivity index (χ1) is 15.7. The van der Waals surface area contributed by atoms with E-state index in [1.807, 2.05) is 0 Å². The average Bonchev–Trinajstić information content (AvgIpc) is 2.80. The summed E-state index contributed by atoms with van der Waals surface area (Å²) in [5, 5.41) is 12.7. The molecule has 0 spiro atoms.